The van der Waals surface area contributed by atoms with E-state index in [4.69, 9.17) is 9.88 Å². The molecule has 0 heterocycles. The van der Waals surface area contributed by atoms with Crippen LogP contribution in [0.4, 0.5) is 4.39 Å². The molecule has 2 rings (SSSR count). The molecule has 0 atom stereocenters. The van der Waals surface area contributed by atoms with Gasteiger partial charge in [0.15, 0.2) is 11.6 Å². The Balaban J connectivity index is 2.40. The van der Waals surface area contributed by atoms with Gasteiger partial charge in [-0.25, -0.2) is 17.9 Å². The Morgan fingerprint density at radius 1 is 1.40 bits per heavy atom. The molecule has 1 aliphatic carbocycles. The fourth-order valence-corrected chi connectivity index (χ4v) is 1.79. The molecule has 0 unspecified atom stereocenters. The summed E-state index contributed by atoms with van der Waals surface area (Å²) < 4.78 is 40.7. The lowest BCUT2D eigenvalue weighted by molar-refractivity contribution is 0.285. The van der Waals surface area contributed by atoms with Crippen molar-refractivity contribution >= 4 is 10.0 Å². The minimum Gasteiger partial charge on any atom is -0.487 e. The molecule has 0 aliphatic heterocycles. The summed E-state index contributed by atoms with van der Waals surface area (Å²) in [5.74, 6) is -0.962. The van der Waals surface area contributed by atoms with Gasteiger partial charge >= 0.3 is 0 Å². The third-order valence-corrected chi connectivity index (χ3v) is 2.98. The summed E-state index contributed by atoms with van der Waals surface area (Å²) in [6.45, 7) is 0. The second kappa shape index (κ2) is 3.46. The van der Waals surface area contributed by atoms with Gasteiger partial charge in [-0.3, -0.25) is 0 Å². The van der Waals surface area contributed by atoms with Crippen LogP contribution in [0, 0.1) is 5.82 Å². The van der Waals surface area contributed by atoms with Gasteiger partial charge in [0.1, 0.15) is 4.90 Å². The quantitative estimate of drug-likeness (QED) is 0.844. The molecule has 0 aromatic heterocycles. The third-order valence-electron chi connectivity index (χ3n) is 2.05. The molecule has 0 radical (unpaired) electrons. The molecule has 0 spiro atoms. The van der Waals surface area contributed by atoms with Gasteiger partial charge in [-0.1, -0.05) is 6.07 Å². The molecule has 1 aromatic carbocycles. The number of benzene rings is 1. The van der Waals surface area contributed by atoms with Gasteiger partial charge in [-0.2, -0.15) is 0 Å². The van der Waals surface area contributed by atoms with Gasteiger partial charge < -0.3 is 4.74 Å². The van der Waals surface area contributed by atoms with E-state index in [0.29, 0.717) is 0 Å². The molecule has 0 bridgehead atoms. The Hall–Kier alpha value is -1.14. The van der Waals surface area contributed by atoms with Crippen molar-refractivity contribution in [3.05, 3.63) is 24.0 Å². The number of rotatable bonds is 3. The molecular weight excluding hydrogens is 221 g/mol. The van der Waals surface area contributed by atoms with Gasteiger partial charge in [0.25, 0.3) is 0 Å². The van der Waals surface area contributed by atoms with Crippen molar-refractivity contribution in [3.63, 3.8) is 0 Å². The SMILES string of the molecule is NS(=O)(=O)c1cccc(OC2CC2)c1F. The van der Waals surface area contributed by atoms with Crippen LogP contribution in [-0.2, 0) is 10.0 Å². The zero-order valence-electron chi connectivity index (χ0n) is 7.81. The lowest BCUT2D eigenvalue weighted by Crippen LogP contribution is -2.14. The second-order valence-corrected chi connectivity index (χ2v) is 4.96. The number of hydrogen-bond donors (Lipinski definition) is 1. The Kier molecular flexibility index (Phi) is 2.40. The van der Waals surface area contributed by atoms with Gasteiger partial charge in [-0.05, 0) is 25.0 Å². The highest BCUT2D eigenvalue weighted by molar-refractivity contribution is 7.89. The van der Waals surface area contributed by atoms with Crippen molar-refractivity contribution in [2.24, 2.45) is 5.14 Å². The molecule has 1 aliphatic rings. The van der Waals surface area contributed by atoms with E-state index >= 15 is 0 Å². The molecule has 15 heavy (non-hydrogen) atoms. The summed E-state index contributed by atoms with van der Waals surface area (Å²) in [4.78, 5) is -0.527. The standard InChI is InChI=1S/C9H10FNO3S/c10-9-7(14-6-4-5-6)2-1-3-8(9)15(11,12)13/h1-3,6H,4-5H2,(H2,11,12,13). The normalized spacial score (nSPS) is 16.4. The fourth-order valence-electron chi connectivity index (χ4n) is 1.17. The molecule has 1 aromatic rings. The van der Waals surface area contributed by atoms with Crippen LogP contribution in [0.1, 0.15) is 12.8 Å². The Morgan fingerprint density at radius 3 is 2.60 bits per heavy atom. The minimum atomic E-state index is -4.03. The molecule has 1 fully saturated rings. The van der Waals surface area contributed by atoms with Crippen molar-refractivity contribution in [1.29, 1.82) is 0 Å². The first kappa shape index (κ1) is 10.4. The second-order valence-electron chi connectivity index (χ2n) is 3.43. The fraction of sp³-hybridized carbons (Fsp3) is 0.333. The topological polar surface area (TPSA) is 69.4 Å². The van der Waals surface area contributed by atoms with E-state index in [2.05, 4.69) is 0 Å². The van der Waals surface area contributed by atoms with Crippen LogP contribution in [0.3, 0.4) is 0 Å². The molecule has 0 amide bonds. The maximum Gasteiger partial charge on any atom is 0.241 e. The Labute approximate surface area is 86.9 Å². The summed E-state index contributed by atoms with van der Waals surface area (Å²) in [7, 11) is -4.03. The summed E-state index contributed by atoms with van der Waals surface area (Å²) >= 11 is 0. The average molecular weight is 231 g/mol. The van der Waals surface area contributed by atoms with E-state index in [1.54, 1.807) is 0 Å². The van der Waals surface area contributed by atoms with Crippen LogP contribution in [0.5, 0.6) is 5.75 Å². The number of sulfonamides is 1. The number of hydrogen-bond acceptors (Lipinski definition) is 3. The van der Waals surface area contributed by atoms with E-state index in [0.717, 1.165) is 18.9 Å². The van der Waals surface area contributed by atoms with Crippen molar-refractivity contribution in [1.82, 2.24) is 0 Å². The van der Waals surface area contributed by atoms with Crippen LogP contribution in [-0.4, -0.2) is 14.5 Å². The van der Waals surface area contributed by atoms with Gasteiger partial charge in [0.2, 0.25) is 10.0 Å². The van der Waals surface area contributed by atoms with E-state index < -0.39 is 20.7 Å². The Morgan fingerprint density at radius 2 is 2.07 bits per heavy atom. The smallest absolute Gasteiger partial charge is 0.241 e. The molecular formula is C9H10FNO3S. The largest absolute Gasteiger partial charge is 0.487 e. The minimum absolute atomic E-state index is 0.00947. The van der Waals surface area contributed by atoms with E-state index in [1.807, 2.05) is 0 Å². The molecule has 0 saturated heterocycles. The lowest BCUT2D eigenvalue weighted by Gasteiger charge is -2.07. The van der Waals surface area contributed by atoms with Gasteiger partial charge in [0, 0.05) is 0 Å². The van der Waals surface area contributed by atoms with E-state index in [1.165, 1.54) is 12.1 Å². The zero-order valence-corrected chi connectivity index (χ0v) is 8.63. The van der Waals surface area contributed by atoms with Crippen LogP contribution in [0.15, 0.2) is 23.1 Å². The first-order chi connectivity index (χ1) is 6.98. The average Bonchev–Trinajstić information content (AvgIpc) is 2.90. The van der Waals surface area contributed by atoms with Gasteiger partial charge in [0.05, 0.1) is 6.10 Å². The third kappa shape index (κ3) is 2.27. The summed E-state index contributed by atoms with van der Waals surface area (Å²) in [6, 6.07) is 3.91. The van der Waals surface area contributed by atoms with E-state index in [9.17, 15) is 12.8 Å². The summed E-state index contributed by atoms with van der Waals surface area (Å²) in [5.41, 5.74) is 0. The lowest BCUT2D eigenvalue weighted by atomic mass is 10.3. The first-order valence-electron chi connectivity index (χ1n) is 4.46. The Bertz CT molecular complexity index is 482. The van der Waals surface area contributed by atoms with Crippen LogP contribution in [0.25, 0.3) is 0 Å². The predicted octanol–water partition coefficient (Wildman–Crippen LogP) is 1.01. The monoisotopic (exact) mass is 231 g/mol. The van der Waals surface area contributed by atoms with Crippen LogP contribution in [0.2, 0.25) is 0 Å². The first-order valence-corrected chi connectivity index (χ1v) is 6.01. The number of ether oxygens (including phenoxy) is 1. The molecule has 4 nitrogen and oxygen atoms in total. The van der Waals surface area contributed by atoms with Crippen molar-refractivity contribution in [2.75, 3.05) is 0 Å². The maximum absolute atomic E-state index is 13.6. The van der Waals surface area contributed by atoms with Gasteiger partial charge in [-0.15, -0.1) is 0 Å². The number of halogens is 1. The highest BCUT2D eigenvalue weighted by Gasteiger charge is 2.26. The van der Waals surface area contributed by atoms with Crippen LogP contribution >= 0.6 is 0 Å². The maximum atomic E-state index is 13.6. The zero-order chi connectivity index (χ0) is 11.1. The van der Waals surface area contributed by atoms with Crippen LogP contribution < -0.4 is 9.88 Å². The highest BCUT2D eigenvalue weighted by Crippen LogP contribution is 2.30. The molecule has 1 saturated carbocycles. The van der Waals surface area contributed by atoms with Crippen molar-refractivity contribution < 1.29 is 17.5 Å². The summed E-state index contributed by atoms with van der Waals surface area (Å²) in [5, 5.41) is 4.85. The molecule has 2 N–H and O–H groups in total. The van der Waals surface area contributed by atoms with Crippen molar-refractivity contribution in [2.45, 2.75) is 23.8 Å². The number of nitrogens with two attached hydrogens (primary N) is 1. The predicted molar refractivity (Wildman–Crippen MR) is 51.4 cm³/mol. The molecule has 82 valence electrons. The van der Waals surface area contributed by atoms with Crippen molar-refractivity contribution in [3.8, 4) is 5.75 Å². The molecule has 6 heteroatoms. The summed E-state index contributed by atoms with van der Waals surface area (Å²) in [6.07, 6.45) is 1.76. The highest BCUT2D eigenvalue weighted by atomic mass is 32.2. The number of primary sulfonamides is 1. The van der Waals surface area contributed by atoms with E-state index in [-0.39, 0.29) is 11.9 Å².